The molecule has 2 aromatic rings. The Labute approximate surface area is 271 Å². The van der Waals surface area contributed by atoms with Gasteiger partial charge in [-0.2, -0.15) is 0 Å². The van der Waals surface area contributed by atoms with Gasteiger partial charge in [0.15, 0.2) is 0 Å². The number of piperidine rings is 1. The highest BCUT2D eigenvalue weighted by atomic mass is 32.2. The van der Waals surface area contributed by atoms with Crippen LogP contribution in [-0.4, -0.2) is 65.6 Å². The second kappa shape index (κ2) is 17.1. The fourth-order valence-corrected chi connectivity index (χ4v) is 8.63. The molecule has 0 aliphatic carbocycles. The summed E-state index contributed by atoms with van der Waals surface area (Å²) < 4.78 is 38.3. The number of carbonyl (C=O) groups is 1. The van der Waals surface area contributed by atoms with Crippen molar-refractivity contribution < 1.29 is 32.1 Å². The summed E-state index contributed by atoms with van der Waals surface area (Å²) in [7, 11) is -3.98. The highest BCUT2D eigenvalue weighted by molar-refractivity contribution is 7.85. The molecule has 2 unspecified atom stereocenters. The van der Waals surface area contributed by atoms with Crippen LogP contribution >= 0.6 is 0 Å². The molecule has 0 radical (unpaired) electrons. The number of ether oxygens (including phenoxy) is 1. The summed E-state index contributed by atoms with van der Waals surface area (Å²) in [5.41, 5.74) is -0.671. The molecule has 250 valence electrons. The number of carbonyl (C=O) groups excluding carboxylic acids is 1. The van der Waals surface area contributed by atoms with Gasteiger partial charge < -0.3 is 18.9 Å². The van der Waals surface area contributed by atoms with Crippen LogP contribution in [0.2, 0.25) is 0 Å². The molecule has 1 N–H and O–H groups in total. The number of nitrogens with zero attached hydrogens (tertiary/aromatic N) is 1. The number of unbranched alkanes of at least 4 members (excludes halogenated alkanes) is 9. The maximum Gasteiger partial charge on any atom is 0.347 e. The molecule has 3 aliphatic rings. The van der Waals surface area contributed by atoms with Gasteiger partial charge in [0.2, 0.25) is 5.60 Å². The van der Waals surface area contributed by atoms with Crippen LogP contribution in [0.25, 0.3) is 0 Å². The molecule has 45 heavy (non-hydrogen) atoms. The van der Waals surface area contributed by atoms with Gasteiger partial charge in [-0.15, -0.1) is 0 Å². The van der Waals surface area contributed by atoms with Crippen LogP contribution in [0.5, 0.6) is 0 Å². The largest absolute Gasteiger partial charge is 0.748 e. The lowest BCUT2D eigenvalue weighted by Crippen LogP contribution is -2.60. The van der Waals surface area contributed by atoms with E-state index in [2.05, 4.69) is 6.92 Å². The summed E-state index contributed by atoms with van der Waals surface area (Å²) in [4.78, 5) is 13.4. The monoisotopic (exact) mass is 641 g/mol. The van der Waals surface area contributed by atoms with E-state index >= 15 is 0 Å². The number of quaternary nitrogens is 1. The van der Waals surface area contributed by atoms with Gasteiger partial charge in [-0.3, -0.25) is 0 Å². The fourth-order valence-electron chi connectivity index (χ4n) is 8.07. The van der Waals surface area contributed by atoms with E-state index in [1.165, 1.54) is 88.2 Å². The summed E-state index contributed by atoms with van der Waals surface area (Å²) in [6.07, 6.45) is 18.4. The third kappa shape index (κ3) is 9.63. The van der Waals surface area contributed by atoms with Gasteiger partial charge in [0.25, 0.3) is 0 Å². The summed E-state index contributed by atoms with van der Waals surface area (Å²) in [6, 6.07) is 19.6. The standard InChI is InChI=1S/C25H30NO3.C12H26O3S/c27-24(25(28,19-9-3-1-4-10-19)20-11-5-2-6-12-20)29-23-17-21-13-14-22(18-23)26(21)15-7-8-16-26;1-2-3-4-5-6-7-8-9-10-11-12-16(13,14)15/h1-6,9-12,21-23,28H,7-8,13-18H2;2-12H2,1H3,(H,13,14,15)/q+1;/p-1. The zero-order chi connectivity index (χ0) is 32.2. The van der Waals surface area contributed by atoms with Crippen molar-refractivity contribution in [3.05, 3.63) is 71.8 Å². The van der Waals surface area contributed by atoms with Crippen LogP contribution in [-0.2, 0) is 25.3 Å². The molecule has 7 nitrogen and oxygen atoms in total. The SMILES string of the molecule is CCCCCCCCCCCCS(=O)(=O)[O-].O=C(OC1CC2CCC(C1)[N+]21CCCC1)C(O)(c1ccccc1)c1ccccc1. The predicted octanol–water partition coefficient (Wildman–Crippen LogP) is 7.22. The molecule has 2 bridgehead atoms. The molecule has 5 rings (SSSR count). The molecular weight excluding hydrogens is 586 g/mol. The minimum absolute atomic E-state index is 0.0942. The van der Waals surface area contributed by atoms with Crippen molar-refractivity contribution in [1.82, 2.24) is 0 Å². The molecular formula is C37H55NO6S. The Hall–Kier alpha value is -2.26. The van der Waals surface area contributed by atoms with Gasteiger partial charge in [0.05, 0.1) is 35.3 Å². The molecule has 1 spiro atoms. The first-order valence-electron chi connectivity index (χ1n) is 17.5. The predicted molar refractivity (Wildman–Crippen MR) is 177 cm³/mol. The van der Waals surface area contributed by atoms with Gasteiger partial charge >= 0.3 is 5.97 Å². The van der Waals surface area contributed by atoms with Gasteiger partial charge in [0.1, 0.15) is 6.10 Å². The Kier molecular flexibility index (Phi) is 13.5. The minimum Gasteiger partial charge on any atom is -0.748 e. The third-order valence-corrected chi connectivity index (χ3v) is 11.2. The molecule has 0 saturated carbocycles. The second-order valence-electron chi connectivity index (χ2n) is 13.5. The number of esters is 1. The first-order chi connectivity index (χ1) is 21.7. The van der Waals surface area contributed by atoms with Crippen molar-refractivity contribution in [2.75, 3.05) is 18.8 Å². The van der Waals surface area contributed by atoms with Gasteiger partial charge in [-0.1, -0.05) is 125 Å². The Morgan fingerprint density at radius 1 is 0.800 bits per heavy atom. The van der Waals surface area contributed by atoms with Gasteiger partial charge in [-0.25, -0.2) is 13.2 Å². The van der Waals surface area contributed by atoms with E-state index < -0.39 is 21.7 Å². The van der Waals surface area contributed by atoms with Gasteiger partial charge in [-0.05, 0) is 17.5 Å². The Bertz CT molecular complexity index is 1210. The van der Waals surface area contributed by atoms with Crippen molar-refractivity contribution in [3.8, 4) is 0 Å². The van der Waals surface area contributed by atoms with Crippen LogP contribution in [0.3, 0.4) is 0 Å². The van der Waals surface area contributed by atoms with Crippen molar-refractivity contribution >= 4 is 16.1 Å². The third-order valence-electron chi connectivity index (χ3n) is 10.5. The lowest BCUT2D eigenvalue weighted by atomic mass is 9.86. The van der Waals surface area contributed by atoms with E-state index in [1.54, 1.807) is 24.3 Å². The summed E-state index contributed by atoms with van der Waals surface area (Å²) in [5, 5.41) is 11.6. The van der Waals surface area contributed by atoms with Crippen molar-refractivity contribution in [3.63, 3.8) is 0 Å². The van der Waals surface area contributed by atoms with Crippen LogP contribution < -0.4 is 0 Å². The number of aliphatic hydroxyl groups is 1. The highest BCUT2D eigenvalue weighted by Crippen LogP contribution is 2.46. The Morgan fingerprint density at radius 3 is 1.69 bits per heavy atom. The molecule has 2 aromatic carbocycles. The molecule has 0 amide bonds. The zero-order valence-corrected chi connectivity index (χ0v) is 28.1. The van der Waals surface area contributed by atoms with E-state index in [4.69, 9.17) is 4.74 Å². The lowest BCUT2D eigenvalue weighted by molar-refractivity contribution is -0.956. The molecule has 3 saturated heterocycles. The fraction of sp³-hybridized carbons (Fsp3) is 0.649. The van der Waals surface area contributed by atoms with Crippen LogP contribution in [0, 0.1) is 0 Å². The van der Waals surface area contributed by atoms with Crippen molar-refractivity contribution in [2.45, 2.75) is 133 Å². The number of hydrogen-bond acceptors (Lipinski definition) is 6. The molecule has 3 heterocycles. The molecule has 3 fully saturated rings. The average Bonchev–Trinajstić information content (AvgIpc) is 3.58. The number of benzene rings is 2. The highest BCUT2D eigenvalue weighted by Gasteiger charge is 2.56. The molecule has 8 heteroatoms. The normalized spacial score (nSPS) is 22.2. The quantitative estimate of drug-likeness (QED) is 0.0953. The van der Waals surface area contributed by atoms with E-state index in [1.807, 2.05) is 36.4 Å². The van der Waals surface area contributed by atoms with E-state index in [9.17, 15) is 22.9 Å². The second-order valence-corrected chi connectivity index (χ2v) is 15.1. The van der Waals surface area contributed by atoms with E-state index in [0.717, 1.165) is 25.7 Å². The smallest absolute Gasteiger partial charge is 0.347 e. The first-order valence-corrected chi connectivity index (χ1v) is 19.1. The Morgan fingerprint density at radius 2 is 1.24 bits per heavy atom. The number of hydrogen-bond donors (Lipinski definition) is 1. The molecule has 3 aliphatic heterocycles. The maximum absolute atomic E-state index is 13.4. The topological polar surface area (TPSA) is 104 Å². The average molecular weight is 642 g/mol. The molecule has 2 atom stereocenters. The zero-order valence-electron chi connectivity index (χ0n) is 27.3. The van der Waals surface area contributed by atoms with Crippen LogP contribution in [0.15, 0.2) is 60.7 Å². The van der Waals surface area contributed by atoms with Crippen molar-refractivity contribution in [1.29, 1.82) is 0 Å². The summed E-state index contributed by atoms with van der Waals surface area (Å²) in [6.45, 7) is 4.81. The van der Waals surface area contributed by atoms with E-state index in [-0.39, 0.29) is 11.9 Å². The summed E-state index contributed by atoms with van der Waals surface area (Å²) >= 11 is 0. The lowest BCUT2D eigenvalue weighted by Gasteiger charge is -2.47. The minimum atomic E-state index is -3.98. The Balaban J connectivity index is 0.000000248. The summed E-state index contributed by atoms with van der Waals surface area (Å²) in [5.74, 6) is -0.738. The van der Waals surface area contributed by atoms with Gasteiger partial charge in [0, 0.05) is 44.3 Å². The number of rotatable bonds is 15. The first kappa shape index (κ1) is 35.6. The van der Waals surface area contributed by atoms with Crippen LogP contribution in [0.4, 0.5) is 0 Å². The van der Waals surface area contributed by atoms with Crippen LogP contribution in [0.1, 0.15) is 121 Å². The maximum atomic E-state index is 13.4. The van der Waals surface area contributed by atoms with Crippen molar-refractivity contribution in [2.24, 2.45) is 0 Å². The molecule has 0 aromatic heterocycles. The van der Waals surface area contributed by atoms with E-state index in [0.29, 0.717) is 29.6 Å².